The molecule has 0 heterocycles. The van der Waals surface area contributed by atoms with E-state index in [1.165, 1.54) is 6.08 Å². The van der Waals surface area contributed by atoms with Crippen LogP contribution in [0, 0.1) is 0 Å². The van der Waals surface area contributed by atoms with Crippen molar-refractivity contribution in [3.05, 3.63) is 96.1 Å². The largest absolute Gasteiger partial charge is 0.489 e. The number of benzene rings is 3. The summed E-state index contributed by atoms with van der Waals surface area (Å²) in [5.74, 6) is 1.59. The van der Waals surface area contributed by atoms with Gasteiger partial charge < -0.3 is 15.2 Å². The third kappa shape index (κ3) is 4.98. The molecule has 1 amide bonds. The predicted octanol–water partition coefficient (Wildman–Crippen LogP) is 4.56. The Kier molecular flexibility index (Phi) is 5.68. The minimum atomic E-state index is -0.500. The van der Waals surface area contributed by atoms with Crippen molar-refractivity contribution in [3.63, 3.8) is 0 Å². The van der Waals surface area contributed by atoms with Gasteiger partial charge in [-0.3, -0.25) is 4.79 Å². The van der Waals surface area contributed by atoms with E-state index in [4.69, 9.17) is 15.2 Å². The molecule has 4 nitrogen and oxygen atoms in total. The van der Waals surface area contributed by atoms with Gasteiger partial charge in [0, 0.05) is 11.6 Å². The number of primary amides is 1. The van der Waals surface area contributed by atoms with E-state index in [9.17, 15) is 4.79 Å². The standard InChI is InChI=1S/C22H19NO3/c23-22(24)15-10-18-8-4-5-9-21(18)26-20-13-11-19(12-14-20)25-16-17-6-2-1-3-7-17/h1-15H,16H2,(H2,23,24). The molecule has 0 radical (unpaired) electrons. The van der Waals surface area contributed by atoms with Crippen LogP contribution in [0.3, 0.4) is 0 Å². The number of carbonyl (C=O) groups excluding carboxylic acids is 1. The van der Waals surface area contributed by atoms with Gasteiger partial charge in [0.15, 0.2) is 0 Å². The summed E-state index contributed by atoms with van der Waals surface area (Å²) in [6.45, 7) is 0.516. The van der Waals surface area contributed by atoms with Gasteiger partial charge >= 0.3 is 0 Å². The molecule has 3 rings (SSSR count). The van der Waals surface area contributed by atoms with E-state index in [1.54, 1.807) is 6.08 Å². The highest BCUT2D eigenvalue weighted by Crippen LogP contribution is 2.27. The molecule has 0 unspecified atom stereocenters. The predicted molar refractivity (Wildman–Crippen MR) is 102 cm³/mol. The van der Waals surface area contributed by atoms with E-state index < -0.39 is 5.91 Å². The van der Waals surface area contributed by atoms with Crippen molar-refractivity contribution in [2.45, 2.75) is 6.61 Å². The van der Waals surface area contributed by atoms with Crippen molar-refractivity contribution in [2.75, 3.05) is 0 Å². The van der Waals surface area contributed by atoms with Crippen LogP contribution in [-0.2, 0) is 11.4 Å². The lowest BCUT2D eigenvalue weighted by molar-refractivity contribution is -0.113. The van der Waals surface area contributed by atoms with Gasteiger partial charge in [0.1, 0.15) is 23.9 Å². The van der Waals surface area contributed by atoms with Crippen molar-refractivity contribution < 1.29 is 14.3 Å². The average molecular weight is 345 g/mol. The van der Waals surface area contributed by atoms with Gasteiger partial charge in [-0.2, -0.15) is 0 Å². The highest BCUT2D eigenvalue weighted by Gasteiger charge is 2.03. The first kappa shape index (κ1) is 17.3. The van der Waals surface area contributed by atoms with Gasteiger partial charge in [-0.05, 0) is 42.0 Å². The summed E-state index contributed by atoms with van der Waals surface area (Å²) < 4.78 is 11.7. The van der Waals surface area contributed by atoms with Crippen LogP contribution in [0.1, 0.15) is 11.1 Å². The smallest absolute Gasteiger partial charge is 0.241 e. The summed E-state index contributed by atoms with van der Waals surface area (Å²) in [5, 5.41) is 0. The summed E-state index contributed by atoms with van der Waals surface area (Å²) in [7, 11) is 0. The van der Waals surface area contributed by atoms with E-state index in [0.717, 1.165) is 16.9 Å². The summed E-state index contributed by atoms with van der Waals surface area (Å²) in [6, 6.07) is 24.8. The number of hydrogen-bond donors (Lipinski definition) is 1. The monoisotopic (exact) mass is 345 g/mol. The highest BCUT2D eigenvalue weighted by molar-refractivity contribution is 5.90. The number of nitrogens with two attached hydrogens (primary N) is 1. The van der Waals surface area contributed by atoms with Crippen molar-refractivity contribution in [1.29, 1.82) is 0 Å². The first-order valence-corrected chi connectivity index (χ1v) is 8.22. The molecule has 0 aliphatic rings. The minimum absolute atomic E-state index is 0.500. The zero-order chi connectivity index (χ0) is 18.2. The van der Waals surface area contributed by atoms with Crippen LogP contribution >= 0.6 is 0 Å². The Morgan fingerprint density at radius 3 is 2.23 bits per heavy atom. The molecule has 26 heavy (non-hydrogen) atoms. The second kappa shape index (κ2) is 8.53. The van der Waals surface area contributed by atoms with Crippen LogP contribution in [0.2, 0.25) is 0 Å². The Bertz CT molecular complexity index is 887. The van der Waals surface area contributed by atoms with Crippen LogP contribution in [0.5, 0.6) is 17.2 Å². The molecule has 0 aliphatic carbocycles. The molecule has 0 aliphatic heterocycles. The number of amides is 1. The van der Waals surface area contributed by atoms with Crippen LogP contribution in [0.4, 0.5) is 0 Å². The van der Waals surface area contributed by atoms with E-state index >= 15 is 0 Å². The average Bonchev–Trinajstić information content (AvgIpc) is 2.67. The van der Waals surface area contributed by atoms with Crippen molar-refractivity contribution in [3.8, 4) is 17.2 Å². The molecule has 3 aromatic rings. The molecule has 0 atom stereocenters. The van der Waals surface area contributed by atoms with E-state index in [-0.39, 0.29) is 0 Å². The molecule has 0 saturated heterocycles. The van der Waals surface area contributed by atoms with Crippen LogP contribution in [-0.4, -0.2) is 5.91 Å². The fraction of sp³-hybridized carbons (Fsp3) is 0.0455. The third-order valence-electron chi connectivity index (χ3n) is 3.65. The summed E-state index contributed by atoms with van der Waals surface area (Å²) >= 11 is 0. The Morgan fingerprint density at radius 1 is 0.846 bits per heavy atom. The molecular formula is C22H19NO3. The second-order valence-electron chi connectivity index (χ2n) is 5.62. The second-order valence-corrected chi connectivity index (χ2v) is 5.62. The Morgan fingerprint density at radius 2 is 1.50 bits per heavy atom. The maximum absolute atomic E-state index is 10.9. The van der Waals surface area contributed by atoms with Gasteiger partial charge in [0.05, 0.1) is 0 Å². The summed E-state index contributed by atoms with van der Waals surface area (Å²) in [6.07, 6.45) is 2.94. The van der Waals surface area contributed by atoms with E-state index in [2.05, 4.69) is 0 Å². The van der Waals surface area contributed by atoms with E-state index in [1.807, 2.05) is 78.9 Å². The van der Waals surface area contributed by atoms with Crippen LogP contribution < -0.4 is 15.2 Å². The maximum atomic E-state index is 10.9. The Balaban J connectivity index is 1.65. The van der Waals surface area contributed by atoms with Crippen LogP contribution in [0.25, 0.3) is 6.08 Å². The number of para-hydroxylation sites is 1. The van der Waals surface area contributed by atoms with Crippen LogP contribution in [0.15, 0.2) is 84.9 Å². The molecule has 130 valence electrons. The van der Waals surface area contributed by atoms with Crippen molar-refractivity contribution in [1.82, 2.24) is 0 Å². The number of ether oxygens (including phenoxy) is 2. The summed E-state index contributed by atoms with van der Waals surface area (Å²) in [4.78, 5) is 10.9. The lowest BCUT2D eigenvalue weighted by Gasteiger charge is -2.10. The lowest BCUT2D eigenvalue weighted by atomic mass is 10.2. The zero-order valence-corrected chi connectivity index (χ0v) is 14.2. The molecular weight excluding hydrogens is 326 g/mol. The first-order valence-electron chi connectivity index (χ1n) is 8.22. The minimum Gasteiger partial charge on any atom is -0.489 e. The van der Waals surface area contributed by atoms with Gasteiger partial charge in [-0.25, -0.2) is 0 Å². The van der Waals surface area contributed by atoms with E-state index in [0.29, 0.717) is 18.1 Å². The highest BCUT2D eigenvalue weighted by atomic mass is 16.5. The zero-order valence-electron chi connectivity index (χ0n) is 14.2. The SMILES string of the molecule is NC(=O)C=Cc1ccccc1Oc1ccc(OCc2ccccc2)cc1. The molecule has 0 bridgehead atoms. The summed E-state index contributed by atoms with van der Waals surface area (Å²) in [5.41, 5.74) is 7.04. The number of carbonyl (C=O) groups is 1. The topological polar surface area (TPSA) is 61.6 Å². The molecule has 3 aromatic carbocycles. The normalized spacial score (nSPS) is 10.6. The first-order chi connectivity index (χ1) is 12.7. The molecule has 0 saturated carbocycles. The van der Waals surface area contributed by atoms with Crippen molar-refractivity contribution >= 4 is 12.0 Å². The quantitative estimate of drug-likeness (QED) is 0.639. The van der Waals surface area contributed by atoms with Crippen molar-refractivity contribution in [2.24, 2.45) is 5.73 Å². The van der Waals surface area contributed by atoms with Gasteiger partial charge in [-0.1, -0.05) is 48.5 Å². The Hall–Kier alpha value is -3.53. The fourth-order valence-electron chi connectivity index (χ4n) is 2.35. The molecule has 0 aromatic heterocycles. The van der Waals surface area contributed by atoms with Gasteiger partial charge in [0.2, 0.25) is 5.91 Å². The fourth-order valence-corrected chi connectivity index (χ4v) is 2.35. The van der Waals surface area contributed by atoms with Gasteiger partial charge in [-0.15, -0.1) is 0 Å². The number of rotatable bonds is 7. The number of hydrogen-bond acceptors (Lipinski definition) is 3. The third-order valence-corrected chi connectivity index (χ3v) is 3.65. The molecule has 0 fully saturated rings. The molecule has 0 spiro atoms. The molecule has 4 heteroatoms. The molecule has 2 N–H and O–H groups in total. The maximum Gasteiger partial charge on any atom is 0.241 e. The lowest BCUT2D eigenvalue weighted by Crippen LogP contribution is -2.05. The Labute approximate surface area is 152 Å². The van der Waals surface area contributed by atoms with Gasteiger partial charge in [0.25, 0.3) is 0 Å².